The fourth-order valence-electron chi connectivity index (χ4n) is 4.05. The zero-order valence-corrected chi connectivity index (χ0v) is 16.8. The highest BCUT2D eigenvalue weighted by atomic mass is 16.2. The van der Waals surface area contributed by atoms with Gasteiger partial charge < -0.3 is 10.6 Å². The molecule has 7 heteroatoms. The number of rotatable bonds is 7. The van der Waals surface area contributed by atoms with Gasteiger partial charge in [-0.05, 0) is 59.3 Å². The van der Waals surface area contributed by atoms with E-state index in [1.165, 1.54) is 0 Å². The maximum atomic E-state index is 12.7. The molecule has 1 heterocycles. The molecular formula is C19H34N4O3. The van der Waals surface area contributed by atoms with Gasteiger partial charge in [0.2, 0.25) is 5.91 Å². The number of hydrogen-bond acceptors (Lipinski definition) is 4. The molecule has 0 aromatic heterocycles. The van der Waals surface area contributed by atoms with Crippen molar-refractivity contribution in [3.8, 4) is 0 Å². The first-order valence-corrected chi connectivity index (χ1v) is 9.83. The van der Waals surface area contributed by atoms with Crippen LogP contribution in [0.4, 0.5) is 4.79 Å². The van der Waals surface area contributed by atoms with E-state index in [1.807, 2.05) is 0 Å². The molecule has 1 saturated heterocycles. The van der Waals surface area contributed by atoms with Crippen LogP contribution in [0.3, 0.4) is 0 Å². The number of nitrogens with zero attached hydrogens (tertiary/aromatic N) is 2. The quantitative estimate of drug-likeness (QED) is 0.672. The van der Waals surface area contributed by atoms with Crippen LogP contribution >= 0.6 is 0 Å². The smallest absolute Gasteiger partial charge is 0.325 e. The Morgan fingerprint density at radius 2 is 1.81 bits per heavy atom. The van der Waals surface area contributed by atoms with Gasteiger partial charge in [0.15, 0.2) is 0 Å². The number of hydrogen-bond donors (Lipinski definition) is 2. The third kappa shape index (κ3) is 4.55. The summed E-state index contributed by atoms with van der Waals surface area (Å²) in [4.78, 5) is 40.6. The summed E-state index contributed by atoms with van der Waals surface area (Å²) in [5.74, 6) is 0.0465. The van der Waals surface area contributed by atoms with Crippen molar-refractivity contribution in [2.75, 3.05) is 19.6 Å². The molecule has 26 heavy (non-hydrogen) atoms. The van der Waals surface area contributed by atoms with E-state index in [9.17, 15) is 14.4 Å². The maximum Gasteiger partial charge on any atom is 0.325 e. The van der Waals surface area contributed by atoms with Gasteiger partial charge in [0.05, 0.1) is 0 Å². The Bertz CT molecular complexity index is 531. The minimum atomic E-state index is -0.782. The van der Waals surface area contributed by atoms with Gasteiger partial charge in [0.25, 0.3) is 5.91 Å². The highest BCUT2D eigenvalue weighted by molar-refractivity contribution is 6.09. The molecule has 0 aromatic carbocycles. The van der Waals surface area contributed by atoms with Crippen molar-refractivity contribution >= 4 is 17.8 Å². The van der Waals surface area contributed by atoms with E-state index in [0.717, 1.165) is 24.3 Å². The minimum Gasteiger partial charge on any atom is -0.353 e. The SMILES string of the molecule is CC1CCC2(CC1)NC(=O)N(CC(=O)NCCN(C(C)C)C(C)C)C2=O. The van der Waals surface area contributed by atoms with E-state index in [0.29, 0.717) is 37.4 Å². The average Bonchev–Trinajstić information content (AvgIpc) is 2.78. The van der Waals surface area contributed by atoms with Crippen LogP contribution in [0.2, 0.25) is 0 Å². The lowest BCUT2D eigenvalue weighted by Crippen LogP contribution is -2.50. The van der Waals surface area contributed by atoms with Gasteiger partial charge >= 0.3 is 6.03 Å². The minimum absolute atomic E-state index is 0.203. The third-order valence-corrected chi connectivity index (χ3v) is 5.69. The van der Waals surface area contributed by atoms with E-state index in [1.54, 1.807) is 0 Å². The number of nitrogens with one attached hydrogen (secondary N) is 2. The summed E-state index contributed by atoms with van der Waals surface area (Å²) < 4.78 is 0. The lowest BCUT2D eigenvalue weighted by atomic mass is 9.77. The molecule has 1 aliphatic heterocycles. The molecule has 148 valence electrons. The molecule has 2 rings (SSSR count). The zero-order chi connectivity index (χ0) is 19.5. The first kappa shape index (κ1) is 20.7. The third-order valence-electron chi connectivity index (χ3n) is 5.69. The van der Waals surface area contributed by atoms with Gasteiger partial charge in [-0.2, -0.15) is 0 Å². The van der Waals surface area contributed by atoms with E-state index < -0.39 is 11.6 Å². The second-order valence-corrected chi connectivity index (χ2v) is 8.36. The van der Waals surface area contributed by atoms with Crippen molar-refractivity contribution in [3.05, 3.63) is 0 Å². The van der Waals surface area contributed by atoms with Gasteiger partial charge in [-0.3, -0.25) is 19.4 Å². The largest absolute Gasteiger partial charge is 0.353 e. The van der Waals surface area contributed by atoms with Crippen LogP contribution in [0.15, 0.2) is 0 Å². The van der Waals surface area contributed by atoms with Crippen LogP contribution in [0.25, 0.3) is 0 Å². The topological polar surface area (TPSA) is 81.8 Å². The Balaban J connectivity index is 1.85. The number of imide groups is 1. The van der Waals surface area contributed by atoms with Gasteiger partial charge in [-0.15, -0.1) is 0 Å². The number of amides is 4. The monoisotopic (exact) mass is 366 g/mol. The van der Waals surface area contributed by atoms with E-state index >= 15 is 0 Å². The Morgan fingerprint density at radius 1 is 1.23 bits per heavy atom. The molecule has 0 aromatic rings. The van der Waals surface area contributed by atoms with Crippen LogP contribution in [-0.2, 0) is 9.59 Å². The van der Waals surface area contributed by atoms with E-state index in [2.05, 4.69) is 50.2 Å². The molecule has 2 fully saturated rings. The van der Waals surface area contributed by atoms with Crippen molar-refractivity contribution in [2.45, 2.75) is 77.9 Å². The van der Waals surface area contributed by atoms with Crippen LogP contribution in [0.1, 0.15) is 60.3 Å². The Hall–Kier alpha value is -1.63. The highest BCUT2D eigenvalue weighted by Crippen LogP contribution is 2.36. The first-order valence-electron chi connectivity index (χ1n) is 9.83. The fourth-order valence-corrected chi connectivity index (χ4v) is 4.05. The molecule has 0 atom stereocenters. The predicted octanol–water partition coefficient (Wildman–Crippen LogP) is 1.72. The molecule has 0 bridgehead atoms. The van der Waals surface area contributed by atoms with Crippen molar-refractivity contribution < 1.29 is 14.4 Å². The zero-order valence-electron chi connectivity index (χ0n) is 16.8. The summed E-state index contributed by atoms with van der Waals surface area (Å²) in [5, 5.41) is 5.68. The molecule has 2 aliphatic rings. The number of carbonyl (C=O) groups excluding carboxylic acids is 3. The van der Waals surface area contributed by atoms with Gasteiger partial charge in [0, 0.05) is 25.2 Å². The van der Waals surface area contributed by atoms with Gasteiger partial charge in [0.1, 0.15) is 12.1 Å². The second-order valence-electron chi connectivity index (χ2n) is 8.36. The fraction of sp³-hybridized carbons (Fsp3) is 0.842. The molecule has 1 spiro atoms. The van der Waals surface area contributed by atoms with Crippen LogP contribution in [0, 0.1) is 5.92 Å². The van der Waals surface area contributed by atoms with Crippen molar-refractivity contribution in [1.82, 2.24) is 20.4 Å². The summed E-state index contributed by atoms with van der Waals surface area (Å²) >= 11 is 0. The molecule has 2 N–H and O–H groups in total. The highest BCUT2D eigenvalue weighted by Gasteiger charge is 2.52. The van der Waals surface area contributed by atoms with E-state index in [4.69, 9.17) is 0 Å². The van der Waals surface area contributed by atoms with Crippen molar-refractivity contribution in [2.24, 2.45) is 5.92 Å². The first-order chi connectivity index (χ1) is 12.2. The number of carbonyl (C=O) groups is 3. The summed E-state index contributed by atoms with van der Waals surface area (Å²) in [6.07, 6.45) is 3.17. The van der Waals surface area contributed by atoms with Gasteiger partial charge in [-0.1, -0.05) is 6.92 Å². The molecule has 1 aliphatic carbocycles. The standard InChI is InChI=1S/C19H34N4O3/c1-13(2)22(14(3)4)11-10-20-16(24)12-23-17(25)19(21-18(23)26)8-6-15(5)7-9-19/h13-15H,6-12H2,1-5H3,(H,20,24)(H,21,26). The van der Waals surface area contributed by atoms with Crippen LogP contribution in [-0.4, -0.2) is 64.9 Å². The number of urea groups is 1. The van der Waals surface area contributed by atoms with Gasteiger partial charge in [-0.25, -0.2) is 4.79 Å². The molecule has 1 saturated carbocycles. The van der Waals surface area contributed by atoms with Crippen LogP contribution in [0.5, 0.6) is 0 Å². The molecule has 7 nitrogen and oxygen atoms in total. The summed E-state index contributed by atoms with van der Waals surface area (Å²) in [7, 11) is 0. The van der Waals surface area contributed by atoms with Crippen LogP contribution < -0.4 is 10.6 Å². The van der Waals surface area contributed by atoms with Crippen molar-refractivity contribution in [3.63, 3.8) is 0 Å². The normalized spacial score (nSPS) is 26.3. The predicted molar refractivity (Wildman–Crippen MR) is 101 cm³/mol. The molecule has 4 amide bonds. The van der Waals surface area contributed by atoms with E-state index in [-0.39, 0.29) is 18.4 Å². The Labute approximate surface area is 156 Å². The Kier molecular flexibility index (Phi) is 6.66. The summed E-state index contributed by atoms with van der Waals surface area (Å²) in [6, 6.07) is 0.350. The van der Waals surface area contributed by atoms with Crippen molar-refractivity contribution in [1.29, 1.82) is 0 Å². The summed E-state index contributed by atoms with van der Waals surface area (Å²) in [5.41, 5.74) is -0.782. The Morgan fingerprint density at radius 3 is 2.35 bits per heavy atom. The molecule has 0 unspecified atom stereocenters. The molecule has 0 radical (unpaired) electrons. The summed E-state index contributed by atoms with van der Waals surface area (Å²) in [6.45, 7) is 11.7. The second kappa shape index (κ2) is 8.37. The average molecular weight is 367 g/mol. The molecular weight excluding hydrogens is 332 g/mol. The lowest BCUT2D eigenvalue weighted by molar-refractivity contribution is -0.136. The maximum absolute atomic E-state index is 12.7. The lowest BCUT2D eigenvalue weighted by Gasteiger charge is -2.33.